The number of dihydropyridines is 1. The number of phenolic OH excluding ortho intramolecular Hbond substituents is 1. The van der Waals surface area contributed by atoms with Gasteiger partial charge in [-0.15, -0.1) is 0 Å². The summed E-state index contributed by atoms with van der Waals surface area (Å²) in [6.07, 6.45) is 0.910. The molecule has 3 aromatic rings. The first-order valence-corrected chi connectivity index (χ1v) is 13.7. The smallest absolute Gasteiger partial charge is 0.254 e. The van der Waals surface area contributed by atoms with Crippen LogP contribution in [0, 0.1) is 11.3 Å². The minimum atomic E-state index is -0.767. The zero-order chi connectivity index (χ0) is 28.6. The Morgan fingerprint density at radius 1 is 1.05 bits per heavy atom. The first-order valence-electron chi connectivity index (χ1n) is 12.7. The molecule has 0 aliphatic carbocycles. The lowest BCUT2D eigenvalue weighted by Gasteiger charge is -2.30. The number of amides is 2. The third kappa shape index (κ3) is 6.47. The number of nitrogens with one attached hydrogen (secondary N) is 3. The maximum Gasteiger partial charge on any atom is 0.254 e. The normalized spacial score (nSPS) is 14.7. The molecule has 1 atom stereocenters. The van der Waals surface area contributed by atoms with E-state index in [0.29, 0.717) is 33.2 Å². The highest BCUT2D eigenvalue weighted by Crippen LogP contribution is 2.43. The number of ether oxygens (including phenoxy) is 1. The van der Waals surface area contributed by atoms with Gasteiger partial charge in [0.2, 0.25) is 5.91 Å². The van der Waals surface area contributed by atoms with Gasteiger partial charge in [0.1, 0.15) is 0 Å². The molecule has 0 radical (unpaired) electrons. The van der Waals surface area contributed by atoms with Crippen molar-refractivity contribution in [2.24, 2.45) is 0 Å². The minimum absolute atomic E-state index is 0.0491. The van der Waals surface area contributed by atoms with Crippen molar-refractivity contribution in [1.29, 1.82) is 5.26 Å². The molecule has 0 bridgehead atoms. The molecule has 1 aliphatic heterocycles. The zero-order valence-electron chi connectivity index (χ0n) is 22.4. The lowest BCUT2D eigenvalue weighted by atomic mass is 9.82. The molecule has 0 saturated heterocycles. The number of hydrogen-bond donors (Lipinski definition) is 4. The van der Waals surface area contributed by atoms with E-state index in [4.69, 9.17) is 4.74 Å². The number of anilines is 2. The minimum Gasteiger partial charge on any atom is -0.504 e. The van der Waals surface area contributed by atoms with Crippen molar-refractivity contribution in [2.45, 2.75) is 26.2 Å². The Kier molecular flexibility index (Phi) is 9.15. The Bertz CT molecular complexity index is 1510. The molecule has 0 fully saturated rings. The largest absolute Gasteiger partial charge is 0.504 e. The number of aromatic hydroxyl groups is 1. The second kappa shape index (κ2) is 12.9. The van der Waals surface area contributed by atoms with Crippen LogP contribution in [-0.4, -0.2) is 29.8 Å². The number of methoxy groups -OCH3 is 1. The van der Waals surface area contributed by atoms with E-state index in [1.165, 1.54) is 30.5 Å². The monoisotopic (exact) mass is 554 g/mol. The number of rotatable bonds is 9. The van der Waals surface area contributed by atoms with Crippen LogP contribution in [0.15, 0.2) is 94.7 Å². The van der Waals surface area contributed by atoms with Crippen LogP contribution in [-0.2, 0) is 16.0 Å². The topological polar surface area (TPSA) is 123 Å². The fraction of sp³-hybridized carbons (Fsp3) is 0.194. The van der Waals surface area contributed by atoms with Crippen molar-refractivity contribution in [3.05, 3.63) is 106 Å². The van der Waals surface area contributed by atoms with Gasteiger partial charge in [-0.25, -0.2) is 0 Å². The molecule has 40 heavy (non-hydrogen) atoms. The molecule has 8 nitrogen and oxygen atoms in total. The van der Waals surface area contributed by atoms with Crippen LogP contribution in [0.2, 0.25) is 0 Å². The number of allylic oxidation sites excluding steroid dienone is 2. The van der Waals surface area contributed by atoms with E-state index in [0.717, 1.165) is 6.42 Å². The molecule has 4 rings (SSSR count). The summed E-state index contributed by atoms with van der Waals surface area (Å²) in [6.45, 7) is 3.82. The van der Waals surface area contributed by atoms with E-state index in [1.807, 2.05) is 42.5 Å². The van der Waals surface area contributed by atoms with Gasteiger partial charge >= 0.3 is 0 Å². The van der Waals surface area contributed by atoms with E-state index in [2.05, 4.69) is 28.9 Å². The van der Waals surface area contributed by atoms with Crippen LogP contribution < -0.4 is 20.7 Å². The number of thioether (sulfide) groups is 1. The molecule has 2 amide bonds. The molecular formula is C31H30N4O4S. The maximum atomic E-state index is 13.6. The van der Waals surface area contributed by atoms with Gasteiger partial charge in [-0.05, 0) is 60.9 Å². The lowest BCUT2D eigenvalue weighted by Crippen LogP contribution is -2.31. The summed E-state index contributed by atoms with van der Waals surface area (Å²) in [5.74, 6) is -1.16. The number of para-hydroxylation sites is 1. The summed E-state index contributed by atoms with van der Waals surface area (Å²) in [5, 5.41) is 29.9. The molecule has 0 aromatic heterocycles. The molecule has 0 spiro atoms. The number of nitrogens with zero attached hydrogens (tertiary/aromatic N) is 1. The Morgan fingerprint density at radius 2 is 1.75 bits per heavy atom. The van der Waals surface area contributed by atoms with Crippen molar-refractivity contribution < 1.29 is 19.4 Å². The van der Waals surface area contributed by atoms with E-state index < -0.39 is 5.92 Å². The number of hydrogen-bond acceptors (Lipinski definition) is 7. The Hall–Kier alpha value is -4.68. The van der Waals surface area contributed by atoms with Crippen LogP contribution in [0.5, 0.6) is 11.5 Å². The quantitative estimate of drug-likeness (QED) is 0.269. The number of carbonyl (C=O) groups excluding carboxylic acids is 2. The van der Waals surface area contributed by atoms with Crippen LogP contribution in [0.3, 0.4) is 0 Å². The zero-order valence-corrected chi connectivity index (χ0v) is 23.3. The number of aryl methyl sites for hydroxylation is 1. The average molecular weight is 555 g/mol. The Labute approximate surface area is 237 Å². The van der Waals surface area contributed by atoms with Gasteiger partial charge in [0, 0.05) is 22.6 Å². The van der Waals surface area contributed by atoms with Gasteiger partial charge in [-0.1, -0.05) is 55.1 Å². The van der Waals surface area contributed by atoms with Gasteiger partial charge in [-0.2, -0.15) is 5.26 Å². The van der Waals surface area contributed by atoms with E-state index in [-0.39, 0.29) is 34.6 Å². The fourth-order valence-corrected chi connectivity index (χ4v) is 5.30. The number of benzene rings is 3. The second-order valence-electron chi connectivity index (χ2n) is 9.09. The van der Waals surface area contributed by atoms with Crippen molar-refractivity contribution in [1.82, 2.24) is 5.32 Å². The molecule has 4 N–H and O–H groups in total. The highest BCUT2D eigenvalue weighted by atomic mass is 32.2. The molecule has 9 heteroatoms. The average Bonchev–Trinajstić information content (AvgIpc) is 2.96. The predicted octanol–water partition coefficient (Wildman–Crippen LogP) is 5.67. The molecular weight excluding hydrogens is 524 g/mol. The van der Waals surface area contributed by atoms with Crippen LogP contribution in [0.1, 0.15) is 30.9 Å². The van der Waals surface area contributed by atoms with Gasteiger partial charge < -0.3 is 25.8 Å². The summed E-state index contributed by atoms with van der Waals surface area (Å²) >= 11 is 1.19. The highest BCUT2D eigenvalue weighted by Gasteiger charge is 2.35. The van der Waals surface area contributed by atoms with Gasteiger partial charge in [0.05, 0.1) is 35.5 Å². The molecule has 0 saturated carbocycles. The van der Waals surface area contributed by atoms with Crippen molar-refractivity contribution in [2.75, 3.05) is 23.5 Å². The Morgan fingerprint density at radius 3 is 2.40 bits per heavy atom. The van der Waals surface area contributed by atoms with E-state index in [9.17, 15) is 20.0 Å². The lowest BCUT2D eigenvalue weighted by molar-refractivity contribution is -0.114. The Balaban J connectivity index is 1.64. The summed E-state index contributed by atoms with van der Waals surface area (Å²) in [4.78, 5) is 26.3. The summed E-state index contributed by atoms with van der Waals surface area (Å²) in [5.41, 5.74) is 4.24. The predicted molar refractivity (Wildman–Crippen MR) is 158 cm³/mol. The summed E-state index contributed by atoms with van der Waals surface area (Å²) in [6, 6.07) is 23.7. The third-order valence-electron chi connectivity index (χ3n) is 6.45. The first-order chi connectivity index (χ1) is 19.3. The van der Waals surface area contributed by atoms with Crippen LogP contribution in [0.25, 0.3) is 0 Å². The third-order valence-corrected chi connectivity index (χ3v) is 7.47. The number of phenols is 1. The standard InChI is InChI=1S/C31H30N4O4S/c1-4-20-10-13-23(14-11-20)34-27(37)18-40-31-24(17-32)29(21-12-15-25(36)26(16-21)39-3)28(19(2)33-31)30(38)35-22-8-6-5-7-9-22/h5-16,29,33,36H,4,18H2,1-3H3,(H,34,37)(H,35,38)/t29-/m0/s1. The number of carbonyl (C=O) groups is 2. The SMILES string of the molecule is CCc1ccc(NC(=O)CSC2=C(C#N)[C@H](c3ccc(O)c(OC)c3)C(C(=O)Nc3ccccc3)=C(C)N2)cc1. The summed E-state index contributed by atoms with van der Waals surface area (Å²) < 4.78 is 5.30. The molecule has 0 unspecified atom stereocenters. The van der Waals surface area contributed by atoms with Crippen LogP contribution >= 0.6 is 11.8 Å². The molecule has 3 aromatic carbocycles. The molecule has 1 heterocycles. The molecule has 204 valence electrons. The summed E-state index contributed by atoms with van der Waals surface area (Å²) in [7, 11) is 1.43. The van der Waals surface area contributed by atoms with E-state index in [1.54, 1.807) is 31.2 Å². The maximum absolute atomic E-state index is 13.6. The van der Waals surface area contributed by atoms with Gasteiger partial charge in [-0.3, -0.25) is 9.59 Å². The van der Waals surface area contributed by atoms with Crippen molar-refractivity contribution in [3.63, 3.8) is 0 Å². The van der Waals surface area contributed by atoms with E-state index >= 15 is 0 Å². The van der Waals surface area contributed by atoms with Gasteiger partial charge in [0.25, 0.3) is 5.91 Å². The van der Waals surface area contributed by atoms with Crippen LogP contribution in [0.4, 0.5) is 11.4 Å². The highest BCUT2D eigenvalue weighted by molar-refractivity contribution is 8.03. The first kappa shape index (κ1) is 28.3. The second-order valence-corrected chi connectivity index (χ2v) is 10.1. The van der Waals surface area contributed by atoms with Crippen molar-refractivity contribution in [3.8, 4) is 17.6 Å². The van der Waals surface area contributed by atoms with Gasteiger partial charge in [0.15, 0.2) is 11.5 Å². The fourth-order valence-electron chi connectivity index (χ4n) is 4.41. The van der Waals surface area contributed by atoms with Crippen molar-refractivity contribution >= 4 is 35.0 Å². The molecule has 1 aliphatic rings. The number of nitriles is 1.